The van der Waals surface area contributed by atoms with Gasteiger partial charge >= 0.3 is 5.97 Å². The monoisotopic (exact) mass is 628 g/mol. The molecule has 5 aromatic carbocycles. The summed E-state index contributed by atoms with van der Waals surface area (Å²) in [4.78, 5) is 37.2. The molecule has 0 aromatic heterocycles. The molecule has 0 spiro atoms. The summed E-state index contributed by atoms with van der Waals surface area (Å²) in [5.41, 5.74) is 0.773. The van der Waals surface area contributed by atoms with Crippen LogP contribution in [0, 0.1) is 5.41 Å². The van der Waals surface area contributed by atoms with E-state index >= 15 is 0 Å². The summed E-state index contributed by atoms with van der Waals surface area (Å²) in [5, 5.41) is 3.72. The van der Waals surface area contributed by atoms with Crippen molar-refractivity contribution in [2.45, 2.75) is 24.3 Å². The molecule has 0 radical (unpaired) electrons. The normalized spacial score (nSPS) is 24.5. The zero-order valence-electron chi connectivity index (χ0n) is 25.8. The molecule has 47 heavy (non-hydrogen) atoms. The van der Waals surface area contributed by atoms with Crippen molar-refractivity contribution in [3.63, 3.8) is 0 Å². The van der Waals surface area contributed by atoms with Crippen LogP contribution in [0.5, 0.6) is 17.2 Å². The molecule has 2 saturated heterocycles. The first-order valence-electron chi connectivity index (χ1n) is 15.5. The Morgan fingerprint density at radius 1 is 0.787 bits per heavy atom. The molecular weight excluding hydrogens is 596 g/mol. The SMILES string of the molecule is COC(=O)[C@@]12COc3ccc4ccccc4c3[C@@H]1N(c1ccccc1)O[C@H]2[C@H]1[C@H](Oc2ccccc2)C(=O)N1c1ccc(OC)cc1. The molecule has 9 heteroatoms. The Balaban J connectivity index is 1.34. The second-order valence-electron chi connectivity index (χ2n) is 11.9. The van der Waals surface area contributed by atoms with E-state index in [-0.39, 0.29) is 12.5 Å². The number of rotatable bonds is 7. The number of hydroxylamine groups is 1. The van der Waals surface area contributed by atoms with Gasteiger partial charge in [0.25, 0.3) is 5.91 Å². The van der Waals surface area contributed by atoms with E-state index in [1.165, 1.54) is 7.11 Å². The highest BCUT2D eigenvalue weighted by Crippen LogP contribution is 2.60. The van der Waals surface area contributed by atoms with Crippen LogP contribution in [0.15, 0.2) is 121 Å². The van der Waals surface area contributed by atoms with E-state index in [9.17, 15) is 9.59 Å². The number of carbonyl (C=O) groups excluding carboxylic acids is 2. The second kappa shape index (κ2) is 11.4. The van der Waals surface area contributed by atoms with E-state index in [2.05, 4.69) is 0 Å². The van der Waals surface area contributed by atoms with Crippen LogP contribution in [0.2, 0.25) is 0 Å². The van der Waals surface area contributed by atoms with Crippen LogP contribution < -0.4 is 24.2 Å². The summed E-state index contributed by atoms with van der Waals surface area (Å²) in [7, 11) is 2.96. The van der Waals surface area contributed by atoms with E-state index in [0.717, 1.165) is 22.0 Å². The number of esters is 1. The van der Waals surface area contributed by atoms with Gasteiger partial charge in [-0.3, -0.25) is 19.3 Å². The Hall–Kier alpha value is -5.54. The summed E-state index contributed by atoms with van der Waals surface area (Å²) in [5.74, 6) is 1.08. The molecule has 2 fully saturated rings. The fourth-order valence-electron chi connectivity index (χ4n) is 7.27. The van der Waals surface area contributed by atoms with Crippen molar-refractivity contribution in [1.29, 1.82) is 0 Å². The third kappa shape index (κ3) is 4.41. The number of methoxy groups -OCH3 is 2. The summed E-state index contributed by atoms with van der Waals surface area (Å²) in [6, 6.07) is 36.6. The van der Waals surface area contributed by atoms with Gasteiger partial charge in [-0.05, 0) is 65.4 Å². The molecule has 5 aromatic rings. The quantitative estimate of drug-likeness (QED) is 0.157. The summed E-state index contributed by atoms with van der Waals surface area (Å²) in [6.45, 7) is -0.0388. The van der Waals surface area contributed by atoms with Gasteiger partial charge in [0.05, 0.1) is 19.9 Å². The molecule has 3 aliphatic heterocycles. The number of ether oxygens (including phenoxy) is 4. The minimum absolute atomic E-state index is 0.0388. The lowest BCUT2D eigenvalue weighted by Crippen LogP contribution is -2.74. The number of hydrogen-bond donors (Lipinski definition) is 0. The van der Waals surface area contributed by atoms with Crippen molar-refractivity contribution >= 4 is 34.0 Å². The Kier molecular flexibility index (Phi) is 6.99. The molecule has 5 atom stereocenters. The number of carbonyl (C=O) groups is 2. The minimum Gasteiger partial charge on any atom is -0.497 e. The second-order valence-corrected chi connectivity index (χ2v) is 11.9. The topological polar surface area (TPSA) is 86.8 Å². The number of amides is 1. The molecule has 0 saturated carbocycles. The molecule has 0 N–H and O–H groups in total. The molecule has 8 rings (SSSR count). The van der Waals surface area contributed by atoms with Gasteiger partial charge in [-0.1, -0.05) is 66.7 Å². The predicted octanol–water partition coefficient (Wildman–Crippen LogP) is 6.12. The third-order valence-corrected chi connectivity index (χ3v) is 9.46. The number of nitrogens with zero attached hydrogens (tertiary/aromatic N) is 2. The highest BCUT2D eigenvalue weighted by Gasteiger charge is 2.72. The molecular formula is C38H32N2O7. The first-order valence-corrected chi connectivity index (χ1v) is 15.5. The number of β-lactam (4-membered cyclic amide) rings is 1. The van der Waals surface area contributed by atoms with Crippen molar-refractivity contribution in [1.82, 2.24) is 0 Å². The van der Waals surface area contributed by atoms with E-state index in [1.807, 2.05) is 97.1 Å². The van der Waals surface area contributed by atoms with Gasteiger partial charge in [0.1, 0.15) is 42.0 Å². The average molecular weight is 629 g/mol. The Morgan fingerprint density at radius 3 is 2.21 bits per heavy atom. The maximum Gasteiger partial charge on any atom is 0.320 e. The van der Waals surface area contributed by atoms with Crippen LogP contribution in [0.3, 0.4) is 0 Å². The van der Waals surface area contributed by atoms with Crippen molar-refractivity contribution in [3.05, 3.63) is 127 Å². The molecule has 9 nitrogen and oxygen atoms in total. The minimum atomic E-state index is -1.41. The molecule has 1 amide bonds. The van der Waals surface area contributed by atoms with E-state index in [1.54, 1.807) is 41.3 Å². The number of anilines is 2. The summed E-state index contributed by atoms with van der Waals surface area (Å²) < 4.78 is 23.9. The molecule has 236 valence electrons. The van der Waals surface area contributed by atoms with Crippen molar-refractivity contribution in [2.75, 3.05) is 30.8 Å². The molecule has 3 heterocycles. The zero-order chi connectivity index (χ0) is 32.1. The third-order valence-electron chi connectivity index (χ3n) is 9.46. The van der Waals surface area contributed by atoms with Crippen LogP contribution in [0.25, 0.3) is 10.8 Å². The lowest BCUT2D eigenvalue weighted by atomic mass is 9.67. The van der Waals surface area contributed by atoms with Crippen LogP contribution in [0.1, 0.15) is 11.6 Å². The van der Waals surface area contributed by atoms with Gasteiger partial charge in [0.15, 0.2) is 5.41 Å². The standard InChI is InChI=1S/C38H32N2O7/c1-43-27-20-18-25(19-21-27)39-32(33(36(39)41)46-28-14-7-4-8-15-28)35-38(37(42)44-2)23-45-30-22-17-24-11-9-10-16-29(24)31(30)34(38)40(47-35)26-12-5-3-6-13-26/h3-22,32-35H,23H2,1-2H3/t32-,33+,34+,35+,38+/m1/s1. The first-order chi connectivity index (χ1) is 23.0. The zero-order valence-corrected chi connectivity index (χ0v) is 25.8. The fraction of sp³-hybridized carbons (Fsp3) is 0.211. The maximum absolute atomic E-state index is 14.5. The lowest BCUT2D eigenvalue weighted by molar-refractivity contribution is -0.167. The van der Waals surface area contributed by atoms with Crippen molar-refractivity contribution in [3.8, 4) is 17.2 Å². The molecule has 0 aliphatic carbocycles. The van der Waals surface area contributed by atoms with Gasteiger partial charge in [-0.15, -0.1) is 0 Å². The lowest BCUT2D eigenvalue weighted by Gasteiger charge is -2.51. The van der Waals surface area contributed by atoms with E-state index < -0.39 is 35.7 Å². The van der Waals surface area contributed by atoms with Crippen LogP contribution >= 0.6 is 0 Å². The Bertz CT molecular complexity index is 1950. The molecule has 0 unspecified atom stereocenters. The molecule has 3 aliphatic rings. The number of hydrogen-bond acceptors (Lipinski definition) is 8. The number of para-hydroxylation sites is 2. The van der Waals surface area contributed by atoms with Crippen molar-refractivity contribution < 1.29 is 33.4 Å². The molecule has 0 bridgehead atoms. The van der Waals surface area contributed by atoms with Crippen molar-refractivity contribution in [2.24, 2.45) is 5.41 Å². The van der Waals surface area contributed by atoms with Gasteiger partial charge < -0.3 is 18.9 Å². The predicted molar refractivity (Wildman–Crippen MR) is 176 cm³/mol. The Labute approximate surface area is 271 Å². The maximum atomic E-state index is 14.5. The van der Waals surface area contributed by atoms with E-state index in [0.29, 0.717) is 22.9 Å². The van der Waals surface area contributed by atoms with Crippen LogP contribution in [0.4, 0.5) is 11.4 Å². The largest absolute Gasteiger partial charge is 0.497 e. The summed E-state index contributed by atoms with van der Waals surface area (Å²) >= 11 is 0. The highest BCUT2D eigenvalue weighted by atomic mass is 16.7. The van der Waals surface area contributed by atoms with Gasteiger partial charge in [-0.2, -0.15) is 0 Å². The smallest absolute Gasteiger partial charge is 0.320 e. The highest BCUT2D eigenvalue weighted by molar-refractivity contribution is 6.06. The van der Waals surface area contributed by atoms with Crippen LogP contribution in [-0.2, 0) is 19.2 Å². The number of benzene rings is 5. The first kappa shape index (κ1) is 28.9. The van der Waals surface area contributed by atoms with Crippen LogP contribution in [-0.4, -0.2) is 51.0 Å². The van der Waals surface area contributed by atoms with E-state index in [4.69, 9.17) is 23.8 Å². The van der Waals surface area contributed by atoms with Gasteiger partial charge in [-0.25, -0.2) is 5.06 Å². The fourth-order valence-corrected chi connectivity index (χ4v) is 7.27. The Morgan fingerprint density at radius 2 is 1.49 bits per heavy atom. The van der Waals surface area contributed by atoms with Gasteiger partial charge in [0, 0.05) is 11.3 Å². The summed E-state index contributed by atoms with van der Waals surface area (Å²) in [6.07, 6.45) is -1.91. The van der Waals surface area contributed by atoms with Gasteiger partial charge in [0.2, 0.25) is 6.10 Å². The average Bonchev–Trinajstić information content (AvgIpc) is 3.48. The number of fused-ring (bicyclic) bond motifs is 5.